The molecule has 9 nitrogen and oxygen atoms in total. The number of benzene rings is 1. The van der Waals surface area contributed by atoms with Gasteiger partial charge in [0.25, 0.3) is 5.89 Å². The van der Waals surface area contributed by atoms with Gasteiger partial charge in [0, 0.05) is 4.91 Å². The second-order valence-corrected chi connectivity index (χ2v) is 4.95. The van der Waals surface area contributed by atoms with Gasteiger partial charge in [0.1, 0.15) is 12.3 Å². The van der Waals surface area contributed by atoms with Crippen molar-refractivity contribution < 1.29 is 23.4 Å². The molecule has 2 aromatic rings. The molecule has 0 bridgehead atoms. The second-order valence-electron chi connectivity index (χ2n) is 4.95. The third kappa shape index (κ3) is 3.55. The van der Waals surface area contributed by atoms with Crippen molar-refractivity contribution in [3.63, 3.8) is 0 Å². The summed E-state index contributed by atoms with van der Waals surface area (Å²) in [7, 11) is 4.35. The lowest BCUT2D eigenvalue weighted by atomic mass is 9.96. The highest BCUT2D eigenvalue weighted by Gasteiger charge is 2.27. The highest BCUT2D eigenvalue weighted by molar-refractivity contribution is 5.96. The number of nitrogens with zero attached hydrogens (tertiary/aromatic N) is 4. The Morgan fingerprint density at radius 3 is 2.62 bits per heavy atom. The van der Waals surface area contributed by atoms with E-state index in [1.165, 1.54) is 33.8 Å². The number of hydrogen-bond acceptors (Lipinski definition) is 7. The molecule has 1 atom stereocenters. The van der Waals surface area contributed by atoms with Gasteiger partial charge in [-0.3, -0.25) is 4.79 Å². The molecule has 0 saturated carbocycles. The number of ether oxygens (including phenoxy) is 3. The standard InChI is InChI=1S/C17H16N4O5/c1-5-11-10(9-13(23-2)16(25-4)15(11)24-3)8-12(20-21-18)14(22)17-19-6-7-26-17/h1,6-7,9,12H,8H2,2-4H3/t12-/m0/s1. The van der Waals surface area contributed by atoms with Crippen LogP contribution in [-0.4, -0.2) is 38.1 Å². The van der Waals surface area contributed by atoms with Crippen molar-refractivity contribution in [1.82, 2.24) is 4.98 Å². The van der Waals surface area contributed by atoms with Crippen molar-refractivity contribution in [1.29, 1.82) is 0 Å². The number of terminal acetylenes is 1. The van der Waals surface area contributed by atoms with Crippen LogP contribution >= 0.6 is 0 Å². The van der Waals surface area contributed by atoms with Crippen LogP contribution in [-0.2, 0) is 6.42 Å². The summed E-state index contributed by atoms with van der Waals surface area (Å²) in [6.07, 6.45) is 8.20. The number of hydrogen-bond donors (Lipinski definition) is 0. The number of aromatic nitrogens is 1. The normalized spacial score (nSPS) is 11.0. The predicted octanol–water partition coefficient (Wildman–Crippen LogP) is 2.79. The quantitative estimate of drug-likeness (QED) is 0.236. The first-order valence-electron chi connectivity index (χ1n) is 7.37. The molecule has 0 aliphatic rings. The van der Waals surface area contributed by atoms with Gasteiger partial charge in [-0.2, -0.15) is 0 Å². The Labute approximate surface area is 149 Å². The van der Waals surface area contributed by atoms with E-state index in [0.29, 0.717) is 22.6 Å². The zero-order chi connectivity index (χ0) is 19.1. The van der Waals surface area contributed by atoms with Crippen LogP contribution in [0.3, 0.4) is 0 Å². The molecule has 1 aromatic heterocycles. The Balaban J connectivity index is 2.53. The maximum absolute atomic E-state index is 12.5. The van der Waals surface area contributed by atoms with Gasteiger partial charge in [-0.25, -0.2) is 4.98 Å². The van der Waals surface area contributed by atoms with Crippen molar-refractivity contribution in [2.24, 2.45) is 5.11 Å². The van der Waals surface area contributed by atoms with Gasteiger partial charge in [-0.1, -0.05) is 11.0 Å². The van der Waals surface area contributed by atoms with E-state index < -0.39 is 11.8 Å². The van der Waals surface area contributed by atoms with Gasteiger partial charge in [0.2, 0.25) is 11.5 Å². The van der Waals surface area contributed by atoms with Crippen molar-refractivity contribution in [2.75, 3.05) is 21.3 Å². The fourth-order valence-corrected chi connectivity index (χ4v) is 2.47. The van der Waals surface area contributed by atoms with Crippen LogP contribution < -0.4 is 14.2 Å². The Morgan fingerprint density at radius 1 is 1.38 bits per heavy atom. The summed E-state index contributed by atoms with van der Waals surface area (Å²) in [5, 5.41) is 3.55. The Morgan fingerprint density at radius 2 is 2.12 bits per heavy atom. The summed E-state index contributed by atoms with van der Waals surface area (Å²) in [6, 6.07) is 0.507. The van der Waals surface area contributed by atoms with Gasteiger partial charge in [-0.05, 0) is 23.6 Å². The Kier molecular flexibility index (Phi) is 6.09. The Hall–Kier alpha value is -3.63. The second kappa shape index (κ2) is 8.46. The zero-order valence-corrected chi connectivity index (χ0v) is 14.4. The monoisotopic (exact) mass is 356 g/mol. The molecule has 0 amide bonds. The van der Waals surface area contributed by atoms with Crippen LogP contribution in [0.2, 0.25) is 0 Å². The first kappa shape index (κ1) is 18.7. The maximum Gasteiger partial charge on any atom is 0.263 e. The first-order valence-corrected chi connectivity index (χ1v) is 7.37. The van der Waals surface area contributed by atoms with Crippen molar-refractivity contribution >= 4 is 5.78 Å². The number of carbonyl (C=O) groups is 1. The Bertz CT molecular complexity index is 880. The van der Waals surface area contributed by atoms with Gasteiger partial charge in [-0.15, -0.1) is 6.42 Å². The van der Waals surface area contributed by atoms with Crippen LogP contribution in [0.5, 0.6) is 17.2 Å². The number of rotatable bonds is 8. The molecular weight excluding hydrogens is 340 g/mol. The van der Waals surface area contributed by atoms with Crippen LogP contribution in [0.25, 0.3) is 10.4 Å². The van der Waals surface area contributed by atoms with E-state index in [2.05, 4.69) is 20.9 Å². The van der Waals surface area contributed by atoms with E-state index in [9.17, 15) is 4.79 Å². The largest absolute Gasteiger partial charge is 0.493 e. The van der Waals surface area contributed by atoms with Gasteiger partial charge in [0.15, 0.2) is 11.5 Å². The topological polar surface area (TPSA) is 120 Å². The van der Waals surface area contributed by atoms with E-state index in [0.717, 1.165) is 0 Å². The third-order valence-corrected chi connectivity index (χ3v) is 3.61. The molecule has 0 fully saturated rings. The molecule has 0 aliphatic heterocycles. The van der Waals surface area contributed by atoms with E-state index in [4.69, 9.17) is 30.6 Å². The van der Waals surface area contributed by atoms with E-state index in [1.54, 1.807) is 6.07 Å². The van der Waals surface area contributed by atoms with Crippen LogP contribution in [0.4, 0.5) is 0 Å². The molecule has 2 rings (SSSR count). The molecule has 0 N–H and O–H groups in total. The van der Waals surface area contributed by atoms with Crippen LogP contribution in [0.1, 0.15) is 21.8 Å². The fourth-order valence-electron chi connectivity index (χ4n) is 2.47. The molecule has 0 aliphatic carbocycles. The molecule has 0 spiro atoms. The molecule has 26 heavy (non-hydrogen) atoms. The summed E-state index contributed by atoms with van der Waals surface area (Å²) in [5.74, 6) is 2.77. The molecular formula is C17H16N4O5. The van der Waals surface area contributed by atoms with Gasteiger partial charge < -0.3 is 18.6 Å². The smallest absolute Gasteiger partial charge is 0.263 e. The van der Waals surface area contributed by atoms with Gasteiger partial charge in [0.05, 0.1) is 33.1 Å². The number of methoxy groups -OCH3 is 3. The number of carbonyl (C=O) groups excluding carboxylic acids is 1. The lowest BCUT2D eigenvalue weighted by Gasteiger charge is -2.18. The molecule has 9 heteroatoms. The fraction of sp³-hybridized carbons (Fsp3) is 0.294. The van der Waals surface area contributed by atoms with Crippen molar-refractivity contribution in [2.45, 2.75) is 12.5 Å². The molecule has 0 radical (unpaired) electrons. The molecule has 1 aromatic carbocycles. The number of oxazole rings is 1. The lowest BCUT2D eigenvalue weighted by molar-refractivity contribution is 0.0927. The van der Waals surface area contributed by atoms with Crippen LogP contribution in [0.15, 0.2) is 28.1 Å². The minimum Gasteiger partial charge on any atom is -0.493 e. The van der Waals surface area contributed by atoms with E-state index >= 15 is 0 Å². The van der Waals surface area contributed by atoms with Crippen LogP contribution in [0, 0.1) is 12.3 Å². The number of azide groups is 1. The summed E-state index contributed by atoms with van der Waals surface area (Å²) in [5.41, 5.74) is 9.69. The average Bonchev–Trinajstić information content (AvgIpc) is 3.20. The number of ketones is 1. The summed E-state index contributed by atoms with van der Waals surface area (Å²) in [4.78, 5) is 19.0. The van der Waals surface area contributed by atoms with E-state index in [1.807, 2.05) is 0 Å². The van der Waals surface area contributed by atoms with E-state index in [-0.39, 0.29) is 18.1 Å². The third-order valence-electron chi connectivity index (χ3n) is 3.61. The number of Topliss-reactive ketones (excluding diaryl/α,β-unsaturated/α-hetero) is 1. The zero-order valence-electron chi connectivity index (χ0n) is 14.4. The summed E-state index contributed by atoms with van der Waals surface area (Å²) in [6.45, 7) is 0. The minimum absolute atomic E-state index is 0.00151. The summed E-state index contributed by atoms with van der Waals surface area (Å²) < 4.78 is 20.9. The molecule has 0 saturated heterocycles. The summed E-state index contributed by atoms with van der Waals surface area (Å²) >= 11 is 0. The molecule has 134 valence electrons. The highest BCUT2D eigenvalue weighted by atomic mass is 16.5. The van der Waals surface area contributed by atoms with Crippen molar-refractivity contribution in [3.05, 3.63) is 46.0 Å². The minimum atomic E-state index is -1.10. The maximum atomic E-state index is 12.5. The molecule has 1 heterocycles. The SMILES string of the molecule is C#Cc1c(C[C@H](N=[N+]=[N-])C(=O)c2ncco2)cc(OC)c(OC)c1OC. The van der Waals surface area contributed by atoms with Crippen molar-refractivity contribution in [3.8, 4) is 29.6 Å². The van der Waals surface area contributed by atoms with Gasteiger partial charge >= 0.3 is 0 Å². The average molecular weight is 356 g/mol. The lowest BCUT2D eigenvalue weighted by Crippen LogP contribution is -2.22. The highest BCUT2D eigenvalue weighted by Crippen LogP contribution is 2.42. The first-order chi connectivity index (χ1) is 12.6. The molecule has 0 unspecified atom stereocenters. The predicted molar refractivity (Wildman–Crippen MR) is 91.5 cm³/mol.